The molecule has 0 bridgehead atoms. The van der Waals surface area contributed by atoms with Gasteiger partial charge >= 0.3 is 0 Å². The summed E-state index contributed by atoms with van der Waals surface area (Å²) in [6.07, 6.45) is 7.57. The number of aryl methyl sites for hydroxylation is 2. The highest BCUT2D eigenvalue weighted by atomic mass is 32.2. The average molecular weight is 314 g/mol. The molecule has 3 rings (SSSR count). The predicted octanol–water partition coefficient (Wildman–Crippen LogP) is 2.87. The van der Waals surface area contributed by atoms with Gasteiger partial charge in [-0.3, -0.25) is 0 Å². The summed E-state index contributed by atoms with van der Waals surface area (Å²) in [7, 11) is -2.98. The minimum absolute atomic E-state index is 0.0993. The van der Waals surface area contributed by atoms with Crippen LogP contribution in [0.4, 0.5) is 0 Å². The van der Waals surface area contributed by atoms with Gasteiger partial charge in [0.05, 0.1) is 11.4 Å². The second kappa shape index (κ2) is 5.43. The summed E-state index contributed by atoms with van der Waals surface area (Å²) in [5.41, 5.74) is 1.40. The lowest BCUT2D eigenvalue weighted by molar-refractivity contribution is 0.0887. The summed E-state index contributed by atoms with van der Waals surface area (Å²) in [5.74, 6) is 0.0993. The Bertz CT molecular complexity index is 567. The molecular formula is C15H22O3S2. The number of aliphatic hydroxyl groups excluding tert-OH is 1. The van der Waals surface area contributed by atoms with E-state index >= 15 is 0 Å². The van der Waals surface area contributed by atoms with Gasteiger partial charge in [0.25, 0.3) is 0 Å². The van der Waals surface area contributed by atoms with Gasteiger partial charge < -0.3 is 5.11 Å². The molecule has 1 heterocycles. The highest BCUT2D eigenvalue weighted by Crippen LogP contribution is 2.41. The zero-order valence-corrected chi connectivity index (χ0v) is 13.5. The highest BCUT2D eigenvalue weighted by Gasteiger charge is 2.34. The lowest BCUT2D eigenvalue weighted by atomic mass is 9.84. The smallest absolute Gasteiger partial charge is 0.150 e. The minimum atomic E-state index is -2.98. The molecule has 0 radical (unpaired) electrons. The lowest BCUT2D eigenvalue weighted by Crippen LogP contribution is -2.30. The summed E-state index contributed by atoms with van der Waals surface area (Å²) < 4.78 is 23.5. The molecule has 3 unspecified atom stereocenters. The maximum Gasteiger partial charge on any atom is 0.150 e. The zero-order valence-electron chi connectivity index (χ0n) is 11.8. The maximum atomic E-state index is 11.7. The Balaban J connectivity index is 1.74. The molecule has 112 valence electrons. The normalized spacial score (nSPS) is 28.3. The number of fused-ring (bicyclic) bond motifs is 1. The van der Waals surface area contributed by atoms with Crippen LogP contribution >= 0.6 is 11.3 Å². The molecular weight excluding hydrogens is 292 g/mol. The molecule has 3 nitrogen and oxygen atoms in total. The highest BCUT2D eigenvalue weighted by molar-refractivity contribution is 7.91. The third kappa shape index (κ3) is 2.81. The molecule has 1 aromatic rings. The maximum absolute atomic E-state index is 11.7. The van der Waals surface area contributed by atoms with Crippen LogP contribution in [0.3, 0.4) is 0 Å². The molecule has 2 aliphatic carbocycles. The first kappa shape index (κ1) is 14.5. The van der Waals surface area contributed by atoms with Crippen LogP contribution in [-0.4, -0.2) is 25.0 Å². The average Bonchev–Trinajstić information content (AvgIpc) is 2.97. The van der Waals surface area contributed by atoms with Gasteiger partial charge in [-0.15, -0.1) is 11.3 Å². The van der Waals surface area contributed by atoms with Crippen LogP contribution in [-0.2, 0) is 22.7 Å². The first-order valence-electron chi connectivity index (χ1n) is 7.43. The second-order valence-electron chi connectivity index (χ2n) is 6.27. The van der Waals surface area contributed by atoms with Gasteiger partial charge in [-0.1, -0.05) is 6.42 Å². The molecule has 1 saturated carbocycles. The summed E-state index contributed by atoms with van der Waals surface area (Å²) >= 11 is 1.73. The van der Waals surface area contributed by atoms with Crippen molar-refractivity contribution in [3.63, 3.8) is 0 Å². The van der Waals surface area contributed by atoms with Gasteiger partial charge in [0.15, 0.2) is 0 Å². The Labute approximate surface area is 124 Å². The number of thiophene rings is 1. The topological polar surface area (TPSA) is 54.4 Å². The third-order valence-corrected chi connectivity index (χ3v) is 7.72. The molecule has 1 aromatic heterocycles. The first-order valence-corrected chi connectivity index (χ1v) is 10.2. The molecule has 0 amide bonds. The van der Waals surface area contributed by atoms with Gasteiger partial charge in [-0.25, -0.2) is 8.42 Å². The molecule has 0 aromatic carbocycles. The lowest BCUT2D eigenvalue weighted by Gasteiger charge is -2.30. The van der Waals surface area contributed by atoms with Crippen LogP contribution in [0.15, 0.2) is 6.07 Å². The van der Waals surface area contributed by atoms with Gasteiger partial charge in [0.2, 0.25) is 0 Å². The fraction of sp³-hybridized carbons (Fsp3) is 0.733. The molecule has 0 aliphatic heterocycles. The van der Waals surface area contributed by atoms with Crippen LogP contribution in [0.2, 0.25) is 0 Å². The van der Waals surface area contributed by atoms with Crippen molar-refractivity contribution in [1.29, 1.82) is 0 Å². The number of hydrogen-bond donors (Lipinski definition) is 1. The number of aliphatic hydroxyl groups is 1. The predicted molar refractivity (Wildman–Crippen MR) is 81.9 cm³/mol. The van der Waals surface area contributed by atoms with Crippen molar-refractivity contribution in [2.24, 2.45) is 5.92 Å². The molecule has 3 atom stereocenters. The van der Waals surface area contributed by atoms with E-state index in [4.69, 9.17) is 0 Å². The van der Waals surface area contributed by atoms with Crippen LogP contribution in [0, 0.1) is 5.92 Å². The summed E-state index contributed by atoms with van der Waals surface area (Å²) in [6, 6.07) is 2.15. The molecule has 1 fully saturated rings. The number of sulfone groups is 1. The minimum Gasteiger partial charge on any atom is -0.387 e. The van der Waals surface area contributed by atoms with E-state index in [2.05, 4.69) is 6.07 Å². The van der Waals surface area contributed by atoms with Gasteiger partial charge in [-0.2, -0.15) is 0 Å². The van der Waals surface area contributed by atoms with Crippen molar-refractivity contribution >= 4 is 21.2 Å². The first-order chi connectivity index (χ1) is 9.45. The number of rotatable bonds is 3. The van der Waals surface area contributed by atoms with Crippen LogP contribution in [0.5, 0.6) is 0 Å². The molecule has 0 saturated heterocycles. The van der Waals surface area contributed by atoms with Crippen molar-refractivity contribution in [1.82, 2.24) is 0 Å². The van der Waals surface area contributed by atoms with E-state index in [0.29, 0.717) is 6.42 Å². The standard InChI is InChI=1S/C15H22O3S2/c1-20(17,18)12-6-2-5-11(8-12)15(16)14-9-10-4-3-7-13(10)19-14/h9,11-12,15-16H,2-8H2,1H3. The van der Waals surface area contributed by atoms with E-state index in [9.17, 15) is 13.5 Å². The van der Waals surface area contributed by atoms with Crippen molar-refractivity contribution in [2.75, 3.05) is 6.26 Å². The van der Waals surface area contributed by atoms with Gasteiger partial charge in [-0.05, 0) is 56.1 Å². The van der Waals surface area contributed by atoms with E-state index in [1.165, 1.54) is 23.1 Å². The number of hydrogen-bond acceptors (Lipinski definition) is 4. The molecule has 5 heteroatoms. The van der Waals surface area contributed by atoms with Gasteiger partial charge in [0, 0.05) is 16.0 Å². The van der Waals surface area contributed by atoms with E-state index in [1.807, 2.05) is 0 Å². The molecule has 0 spiro atoms. The largest absolute Gasteiger partial charge is 0.387 e. The third-order valence-electron chi connectivity index (χ3n) is 4.78. The Morgan fingerprint density at radius 2 is 2.10 bits per heavy atom. The van der Waals surface area contributed by atoms with Crippen LogP contribution < -0.4 is 0 Å². The monoisotopic (exact) mass is 314 g/mol. The Kier molecular flexibility index (Phi) is 3.95. The Morgan fingerprint density at radius 1 is 1.30 bits per heavy atom. The zero-order chi connectivity index (χ0) is 14.3. The van der Waals surface area contributed by atoms with Crippen molar-refractivity contribution in [3.8, 4) is 0 Å². The molecule has 20 heavy (non-hydrogen) atoms. The van der Waals surface area contributed by atoms with E-state index in [0.717, 1.165) is 37.0 Å². The Morgan fingerprint density at radius 3 is 2.80 bits per heavy atom. The van der Waals surface area contributed by atoms with E-state index in [1.54, 1.807) is 11.3 Å². The molecule has 1 N–H and O–H groups in total. The van der Waals surface area contributed by atoms with Crippen LogP contribution in [0.1, 0.15) is 53.5 Å². The van der Waals surface area contributed by atoms with Crippen molar-refractivity contribution < 1.29 is 13.5 Å². The summed E-state index contributed by atoms with van der Waals surface area (Å²) in [4.78, 5) is 2.48. The molecule has 2 aliphatic rings. The fourth-order valence-electron chi connectivity index (χ4n) is 3.59. The quantitative estimate of drug-likeness (QED) is 0.933. The van der Waals surface area contributed by atoms with Crippen molar-refractivity contribution in [3.05, 3.63) is 21.4 Å². The fourth-order valence-corrected chi connectivity index (χ4v) is 6.12. The SMILES string of the molecule is CS(=O)(=O)C1CCCC(C(O)c2cc3c(s2)CCC3)C1. The second-order valence-corrected chi connectivity index (χ2v) is 9.77. The van der Waals surface area contributed by atoms with Crippen LogP contribution in [0.25, 0.3) is 0 Å². The van der Waals surface area contributed by atoms with Gasteiger partial charge in [0.1, 0.15) is 9.84 Å². The van der Waals surface area contributed by atoms with E-state index in [-0.39, 0.29) is 11.2 Å². The Hall–Kier alpha value is -0.390. The summed E-state index contributed by atoms with van der Waals surface area (Å²) in [6.45, 7) is 0. The van der Waals surface area contributed by atoms with E-state index < -0.39 is 15.9 Å². The summed E-state index contributed by atoms with van der Waals surface area (Å²) in [5, 5.41) is 10.3. The van der Waals surface area contributed by atoms with Crippen molar-refractivity contribution in [2.45, 2.75) is 56.3 Å².